The molecule has 2 nitrogen and oxygen atoms in total. The number of anilines is 3. The van der Waals surface area contributed by atoms with E-state index < -0.39 is 0 Å². The van der Waals surface area contributed by atoms with Gasteiger partial charge in [-0.05, 0) is 86.3 Å². The molecule has 8 aromatic carbocycles. The fourth-order valence-electron chi connectivity index (χ4n) is 7.07. The third-order valence-electron chi connectivity index (χ3n) is 9.03. The Balaban J connectivity index is 1.41. The fraction of sp³-hybridized carbons (Fsp3) is 0. The van der Waals surface area contributed by atoms with Crippen LogP contribution in [0, 0.1) is 0 Å². The number of para-hydroxylation sites is 2. The van der Waals surface area contributed by atoms with E-state index in [-0.39, 0.29) is 0 Å². The number of nitrogens with zero attached hydrogens (tertiary/aromatic N) is 1. The number of hydrogen-bond acceptors (Lipinski definition) is 2. The molecular formula is C44H29NO. The van der Waals surface area contributed by atoms with Crippen LogP contribution in [0.2, 0.25) is 0 Å². The first kappa shape index (κ1) is 26.3. The second-order valence-corrected chi connectivity index (χ2v) is 11.7. The molecule has 0 bridgehead atoms. The minimum Gasteiger partial charge on any atom is -0.456 e. The molecule has 9 rings (SSSR count). The van der Waals surface area contributed by atoms with Gasteiger partial charge < -0.3 is 9.32 Å². The Morgan fingerprint density at radius 3 is 1.61 bits per heavy atom. The minimum atomic E-state index is 0.878. The molecule has 0 saturated carbocycles. The molecule has 46 heavy (non-hydrogen) atoms. The van der Waals surface area contributed by atoms with Gasteiger partial charge in [-0.2, -0.15) is 0 Å². The van der Waals surface area contributed by atoms with Crippen LogP contribution in [0.3, 0.4) is 0 Å². The van der Waals surface area contributed by atoms with E-state index in [0.717, 1.165) is 39.0 Å². The second kappa shape index (κ2) is 10.8. The molecule has 0 aliphatic heterocycles. The van der Waals surface area contributed by atoms with Crippen LogP contribution in [0.1, 0.15) is 0 Å². The monoisotopic (exact) mass is 587 g/mol. The second-order valence-electron chi connectivity index (χ2n) is 11.7. The number of fused-ring (bicyclic) bond motifs is 6. The van der Waals surface area contributed by atoms with Crippen molar-refractivity contribution in [1.82, 2.24) is 0 Å². The summed E-state index contributed by atoms with van der Waals surface area (Å²) in [7, 11) is 0. The molecule has 216 valence electrons. The van der Waals surface area contributed by atoms with Crippen LogP contribution in [-0.2, 0) is 0 Å². The Kier molecular flexibility index (Phi) is 6.17. The highest BCUT2D eigenvalue weighted by molar-refractivity contribution is 6.22. The molecule has 0 fully saturated rings. The largest absolute Gasteiger partial charge is 0.456 e. The van der Waals surface area contributed by atoms with Crippen molar-refractivity contribution in [2.24, 2.45) is 0 Å². The van der Waals surface area contributed by atoms with Crippen molar-refractivity contribution >= 4 is 60.5 Å². The van der Waals surface area contributed by atoms with Crippen molar-refractivity contribution in [3.05, 3.63) is 176 Å². The van der Waals surface area contributed by atoms with Crippen molar-refractivity contribution in [2.45, 2.75) is 0 Å². The lowest BCUT2D eigenvalue weighted by Crippen LogP contribution is -2.10. The van der Waals surface area contributed by atoms with Gasteiger partial charge in [-0.15, -0.1) is 0 Å². The normalized spacial score (nSPS) is 11.5. The van der Waals surface area contributed by atoms with E-state index in [1.807, 2.05) is 12.1 Å². The number of furan rings is 1. The third-order valence-corrected chi connectivity index (χ3v) is 9.03. The standard InChI is InChI=1S/C44H29NO/c1-4-15-30(16-5-1)42-36-22-11-10-21-34(36)35-28-27-33(29-38(35)43(42)31-17-6-2-7-18-31)45(32-19-8-3-9-20-32)39-24-14-26-41-44(39)37-23-12-13-25-40(37)46-41/h1-29H. The highest BCUT2D eigenvalue weighted by atomic mass is 16.3. The lowest BCUT2D eigenvalue weighted by molar-refractivity contribution is 0.669. The molecule has 0 amide bonds. The van der Waals surface area contributed by atoms with Gasteiger partial charge in [0.25, 0.3) is 0 Å². The zero-order valence-corrected chi connectivity index (χ0v) is 25.1. The van der Waals surface area contributed by atoms with Crippen molar-refractivity contribution in [3.8, 4) is 22.3 Å². The van der Waals surface area contributed by atoms with Gasteiger partial charge in [0.1, 0.15) is 11.2 Å². The summed E-state index contributed by atoms with van der Waals surface area (Å²) < 4.78 is 6.35. The first-order chi connectivity index (χ1) is 22.8. The van der Waals surface area contributed by atoms with E-state index in [0.29, 0.717) is 0 Å². The lowest BCUT2D eigenvalue weighted by Gasteiger charge is -2.27. The van der Waals surface area contributed by atoms with Gasteiger partial charge in [-0.3, -0.25) is 0 Å². The zero-order chi connectivity index (χ0) is 30.5. The number of rotatable bonds is 5. The van der Waals surface area contributed by atoms with Gasteiger partial charge >= 0.3 is 0 Å². The van der Waals surface area contributed by atoms with Crippen LogP contribution in [-0.4, -0.2) is 0 Å². The SMILES string of the molecule is c1ccc(-c2c(-c3ccccc3)c3cc(N(c4ccccc4)c4cccc5oc6ccccc6c45)ccc3c3ccccc23)cc1. The summed E-state index contributed by atoms with van der Waals surface area (Å²) in [6.45, 7) is 0. The molecule has 2 heteroatoms. The third kappa shape index (κ3) is 4.19. The van der Waals surface area contributed by atoms with Crippen LogP contribution in [0.4, 0.5) is 17.1 Å². The summed E-state index contributed by atoms with van der Waals surface area (Å²) in [4.78, 5) is 2.37. The first-order valence-corrected chi connectivity index (χ1v) is 15.7. The maximum Gasteiger partial charge on any atom is 0.137 e. The summed E-state index contributed by atoms with van der Waals surface area (Å²) in [6, 6.07) is 62.7. The van der Waals surface area contributed by atoms with Gasteiger partial charge in [0, 0.05) is 16.8 Å². The van der Waals surface area contributed by atoms with Gasteiger partial charge in [-0.25, -0.2) is 0 Å². The van der Waals surface area contributed by atoms with Crippen LogP contribution < -0.4 is 4.90 Å². The molecule has 0 saturated heterocycles. The predicted octanol–water partition coefficient (Wildman–Crippen LogP) is 12.7. The summed E-state index contributed by atoms with van der Waals surface area (Å²) in [6.07, 6.45) is 0. The summed E-state index contributed by atoms with van der Waals surface area (Å²) in [5, 5.41) is 7.16. The first-order valence-electron chi connectivity index (χ1n) is 15.7. The maximum atomic E-state index is 6.35. The van der Waals surface area contributed by atoms with E-state index in [9.17, 15) is 0 Å². The van der Waals surface area contributed by atoms with Crippen LogP contribution in [0.15, 0.2) is 180 Å². The van der Waals surface area contributed by atoms with Gasteiger partial charge in [-0.1, -0.05) is 133 Å². The molecule has 1 aromatic heterocycles. The minimum absolute atomic E-state index is 0.878. The van der Waals surface area contributed by atoms with E-state index in [2.05, 4.69) is 169 Å². The Labute approximate surface area is 267 Å². The van der Waals surface area contributed by atoms with E-state index in [1.54, 1.807) is 0 Å². The zero-order valence-electron chi connectivity index (χ0n) is 25.1. The predicted molar refractivity (Wildman–Crippen MR) is 194 cm³/mol. The molecule has 0 N–H and O–H groups in total. The molecule has 0 radical (unpaired) electrons. The Morgan fingerprint density at radius 2 is 0.891 bits per heavy atom. The molecule has 0 spiro atoms. The van der Waals surface area contributed by atoms with Crippen LogP contribution >= 0.6 is 0 Å². The quantitative estimate of drug-likeness (QED) is 0.186. The fourth-order valence-corrected chi connectivity index (χ4v) is 7.07. The number of hydrogen-bond donors (Lipinski definition) is 0. The van der Waals surface area contributed by atoms with Crippen molar-refractivity contribution < 1.29 is 4.42 Å². The molecule has 0 unspecified atom stereocenters. The lowest BCUT2D eigenvalue weighted by atomic mass is 9.85. The Bertz CT molecular complexity index is 2510. The van der Waals surface area contributed by atoms with E-state index >= 15 is 0 Å². The topological polar surface area (TPSA) is 16.4 Å². The van der Waals surface area contributed by atoms with Crippen LogP contribution in [0.5, 0.6) is 0 Å². The molecular weight excluding hydrogens is 558 g/mol. The summed E-state index contributed by atoms with van der Waals surface area (Å²) >= 11 is 0. The highest BCUT2D eigenvalue weighted by Gasteiger charge is 2.22. The maximum absolute atomic E-state index is 6.35. The number of benzene rings is 8. The average molecular weight is 588 g/mol. The van der Waals surface area contributed by atoms with Crippen molar-refractivity contribution in [1.29, 1.82) is 0 Å². The van der Waals surface area contributed by atoms with Gasteiger partial charge in [0.2, 0.25) is 0 Å². The Morgan fingerprint density at radius 1 is 0.348 bits per heavy atom. The molecule has 9 aromatic rings. The van der Waals surface area contributed by atoms with Gasteiger partial charge in [0.15, 0.2) is 0 Å². The molecule has 0 atom stereocenters. The summed E-state index contributed by atoms with van der Waals surface area (Å²) in [5.74, 6) is 0. The smallest absolute Gasteiger partial charge is 0.137 e. The van der Waals surface area contributed by atoms with Crippen LogP contribution in [0.25, 0.3) is 65.7 Å². The van der Waals surface area contributed by atoms with Gasteiger partial charge in [0.05, 0.1) is 11.1 Å². The average Bonchev–Trinajstić information content (AvgIpc) is 3.52. The van der Waals surface area contributed by atoms with Crippen molar-refractivity contribution in [3.63, 3.8) is 0 Å². The molecule has 0 aliphatic rings. The molecule has 1 heterocycles. The van der Waals surface area contributed by atoms with E-state index in [1.165, 1.54) is 43.8 Å². The van der Waals surface area contributed by atoms with Crippen molar-refractivity contribution in [2.75, 3.05) is 4.90 Å². The molecule has 0 aliphatic carbocycles. The van der Waals surface area contributed by atoms with E-state index in [4.69, 9.17) is 4.42 Å². The Hall–Kier alpha value is -6.12. The summed E-state index contributed by atoms with van der Waals surface area (Å²) in [5.41, 5.74) is 9.92. The highest BCUT2D eigenvalue weighted by Crippen LogP contribution is 2.48.